The van der Waals surface area contributed by atoms with Crippen LogP contribution in [0.1, 0.15) is 33.1 Å². The second kappa shape index (κ2) is 10.1. The Morgan fingerprint density at radius 1 is 1.15 bits per heavy atom. The molecule has 4 heteroatoms. The number of hydrogen-bond donors (Lipinski definition) is 1. The molecule has 0 bridgehead atoms. The summed E-state index contributed by atoms with van der Waals surface area (Å²) in [6.45, 7) is 6.88. The number of carbonyl (C=O) groups is 1. The number of carbonyl (C=O) groups excluding carboxylic acids is 1. The maximum atomic E-state index is 12.0. The minimum absolute atomic E-state index is 0.0111. The topological polar surface area (TPSA) is 41.6 Å². The third-order valence-electron chi connectivity index (χ3n) is 2.95. The third-order valence-corrected chi connectivity index (χ3v) is 2.95. The molecule has 0 heterocycles. The summed E-state index contributed by atoms with van der Waals surface area (Å²) < 4.78 is 5.54. The van der Waals surface area contributed by atoms with Crippen LogP contribution in [0.2, 0.25) is 0 Å². The first-order chi connectivity index (χ1) is 9.77. The van der Waals surface area contributed by atoms with E-state index in [-0.39, 0.29) is 6.03 Å². The highest BCUT2D eigenvalue weighted by atomic mass is 16.5. The first-order valence-corrected chi connectivity index (χ1v) is 7.48. The lowest BCUT2D eigenvalue weighted by atomic mass is 10.3. The molecule has 0 spiro atoms. The highest BCUT2D eigenvalue weighted by molar-refractivity contribution is 5.74. The van der Waals surface area contributed by atoms with Crippen molar-refractivity contribution in [3.05, 3.63) is 30.3 Å². The summed E-state index contributed by atoms with van der Waals surface area (Å²) >= 11 is 0. The number of benzene rings is 1. The van der Waals surface area contributed by atoms with Crippen molar-refractivity contribution in [2.75, 3.05) is 26.2 Å². The summed E-state index contributed by atoms with van der Waals surface area (Å²) in [6.07, 6.45) is 3.14. The molecule has 0 fully saturated rings. The fraction of sp³-hybridized carbons (Fsp3) is 0.562. The second-order valence-electron chi connectivity index (χ2n) is 4.73. The van der Waals surface area contributed by atoms with Gasteiger partial charge in [0.1, 0.15) is 12.4 Å². The van der Waals surface area contributed by atoms with E-state index in [0.717, 1.165) is 38.1 Å². The van der Waals surface area contributed by atoms with Gasteiger partial charge in [-0.3, -0.25) is 0 Å². The van der Waals surface area contributed by atoms with E-state index in [1.54, 1.807) is 0 Å². The molecule has 1 aromatic carbocycles. The van der Waals surface area contributed by atoms with E-state index >= 15 is 0 Å². The van der Waals surface area contributed by atoms with E-state index in [4.69, 9.17) is 4.74 Å². The van der Waals surface area contributed by atoms with Crippen LogP contribution in [0.25, 0.3) is 0 Å². The highest BCUT2D eigenvalue weighted by Gasteiger charge is 2.10. The normalized spacial score (nSPS) is 10.1. The average molecular weight is 278 g/mol. The molecule has 112 valence electrons. The number of rotatable bonds is 9. The number of para-hydroxylation sites is 1. The zero-order valence-electron chi connectivity index (χ0n) is 12.6. The lowest BCUT2D eigenvalue weighted by Gasteiger charge is -2.22. The van der Waals surface area contributed by atoms with Crippen LogP contribution in [0.5, 0.6) is 5.75 Å². The van der Waals surface area contributed by atoms with Gasteiger partial charge >= 0.3 is 6.03 Å². The number of urea groups is 1. The van der Waals surface area contributed by atoms with Gasteiger partial charge in [0.15, 0.2) is 0 Å². The molecular weight excluding hydrogens is 252 g/mol. The van der Waals surface area contributed by atoms with Crippen LogP contribution < -0.4 is 10.1 Å². The Labute approximate surface area is 122 Å². The number of amides is 2. The summed E-state index contributed by atoms with van der Waals surface area (Å²) in [5.74, 6) is 0.832. The Bertz CT molecular complexity index is 368. The zero-order chi connectivity index (χ0) is 14.6. The van der Waals surface area contributed by atoms with Crippen molar-refractivity contribution < 1.29 is 9.53 Å². The number of unbranched alkanes of at least 4 members (excludes halogenated alkanes) is 1. The predicted molar refractivity (Wildman–Crippen MR) is 82.1 cm³/mol. The van der Waals surface area contributed by atoms with Crippen molar-refractivity contribution in [3.8, 4) is 5.75 Å². The minimum Gasteiger partial charge on any atom is -0.492 e. The third kappa shape index (κ3) is 6.45. The first-order valence-electron chi connectivity index (χ1n) is 7.48. The lowest BCUT2D eigenvalue weighted by Crippen LogP contribution is -2.42. The number of ether oxygens (including phenoxy) is 1. The van der Waals surface area contributed by atoms with Crippen molar-refractivity contribution in [3.63, 3.8) is 0 Å². The molecule has 20 heavy (non-hydrogen) atoms. The fourth-order valence-electron chi connectivity index (χ4n) is 1.89. The first kappa shape index (κ1) is 16.3. The second-order valence-corrected chi connectivity index (χ2v) is 4.73. The zero-order valence-corrected chi connectivity index (χ0v) is 12.6. The van der Waals surface area contributed by atoms with E-state index in [9.17, 15) is 4.79 Å². The van der Waals surface area contributed by atoms with Crippen LogP contribution in [-0.2, 0) is 0 Å². The van der Waals surface area contributed by atoms with E-state index in [1.165, 1.54) is 0 Å². The van der Waals surface area contributed by atoms with Gasteiger partial charge in [-0.25, -0.2) is 4.79 Å². The Balaban J connectivity index is 2.23. The lowest BCUT2D eigenvalue weighted by molar-refractivity contribution is 0.194. The number of nitrogens with zero attached hydrogens (tertiary/aromatic N) is 1. The molecule has 2 amide bonds. The summed E-state index contributed by atoms with van der Waals surface area (Å²) in [6, 6.07) is 9.64. The number of nitrogens with one attached hydrogen (secondary N) is 1. The molecular formula is C16H26N2O2. The van der Waals surface area contributed by atoms with Crippen LogP contribution in [0.3, 0.4) is 0 Å². The van der Waals surface area contributed by atoms with E-state index < -0.39 is 0 Å². The van der Waals surface area contributed by atoms with E-state index in [2.05, 4.69) is 19.2 Å². The summed E-state index contributed by atoms with van der Waals surface area (Å²) in [5.41, 5.74) is 0. The average Bonchev–Trinajstić information content (AvgIpc) is 2.49. The van der Waals surface area contributed by atoms with Crippen LogP contribution in [-0.4, -0.2) is 37.2 Å². The monoisotopic (exact) mass is 278 g/mol. The van der Waals surface area contributed by atoms with Gasteiger partial charge in [-0.15, -0.1) is 0 Å². The SMILES string of the molecule is CCCCN(CCC)C(=O)NCCOc1ccccc1. The molecule has 1 N–H and O–H groups in total. The van der Waals surface area contributed by atoms with Gasteiger partial charge < -0.3 is 15.0 Å². The molecule has 0 aliphatic heterocycles. The minimum atomic E-state index is 0.0111. The molecule has 0 aromatic heterocycles. The van der Waals surface area contributed by atoms with Crippen LogP contribution in [0.15, 0.2) is 30.3 Å². The van der Waals surface area contributed by atoms with Gasteiger partial charge in [-0.1, -0.05) is 38.5 Å². The predicted octanol–water partition coefficient (Wildman–Crippen LogP) is 3.29. The van der Waals surface area contributed by atoms with Crippen LogP contribution in [0, 0.1) is 0 Å². The summed E-state index contributed by atoms with van der Waals surface area (Å²) in [4.78, 5) is 13.9. The van der Waals surface area contributed by atoms with Gasteiger partial charge in [-0.2, -0.15) is 0 Å². The van der Waals surface area contributed by atoms with Gasteiger partial charge in [0.05, 0.1) is 6.54 Å². The smallest absolute Gasteiger partial charge is 0.317 e. The Morgan fingerprint density at radius 2 is 1.90 bits per heavy atom. The largest absolute Gasteiger partial charge is 0.492 e. The molecule has 0 atom stereocenters. The van der Waals surface area contributed by atoms with E-state index in [1.807, 2.05) is 35.2 Å². The molecule has 0 unspecified atom stereocenters. The van der Waals surface area contributed by atoms with Gasteiger partial charge in [0.25, 0.3) is 0 Å². The Hall–Kier alpha value is -1.71. The highest BCUT2D eigenvalue weighted by Crippen LogP contribution is 2.07. The van der Waals surface area contributed by atoms with Crippen molar-refractivity contribution in [1.29, 1.82) is 0 Å². The van der Waals surface area contributed by atoms with Crippen molar-refractivity contribution in [1.82, 2.24) is 10.2 Å². The van der Waals surface area contributed by atoms with Gasteiger partial charge in [0, 0.05) is 13.1 Å². The molecule has 0 aliphatic carbocycles. The van der Waals surface area contributed by atoms with Gasteiger partial charge in [0.2, 0.25) is 0 Å². The molecule has 1 rings (SSSR count). The van der Waals surface area contributed by atoms with Crippen molar-refractivity contribution in [2.24, 2.45) is 0 Å². The standard InChI is InChI=1S/C16H26N2O2/c1-3-5-13-18(12-4-2)16(19)17-11-14-20-15-9-7-6-8-10-15/h6-10H,3-5,11-14H2,1-2H3,(H,17,19). The number of hydrogen-bond acceptors (Lipinski definition) is 2. The maximum absolute atomic E-state index is 12.0. The molecule has 4 nitrogen and oxygen atoms in total. The molecule has 0 radical (unpaired) electrons. The molecule has 1 aromatic rings. The van der Waals surface area contributed by atoms with E-state index in [0.29, 0.717) is 13.2 Å². The van der Waals surface area contributed by atoms with Crippen LogP contribution in [0.4, 0.5) is 4.79 Å². The Morgan fingerprint density at radius 3 is 2.55 bits per heavy atom. The summed E-state index contributed by atoms with van der Waals surface area (Å²) in [7, 11) is 0. The van der Waals surface area contributed by atoms with Crippen molar-refractivity contribution in [2.45, 2.75) is 33.1 Å². The fourth-order valence-corrected chi connectivity index (χ4v) is 1.89. The summed E-state index contributed by atoms with van der Waals surface area (Å²) in [5, 5.41) is 2.91. The molecule has 0 saturated carbocycles. The quantitative estimate of drug-likeness (QED) is 0.704. The van der Waals surface area contributed by atoms with Crippen molar-refractivity contribution >= 4 is 6.03 Å². The van der Waals surface area contributed by atoms with Crippen LogP contribution >= 0.6 is 0 Å². The molecule has 0 saturated heterocycles. The maximum Gasteiger partial charge on any atom is 0.317 e. The molecule has 0 aliphatic rings. The van der Waals surface area contributed by atoms with Gasteiger partial charge in [-0.05, 0) is 25.0 Å². The Kier molecular flexibility index (Phi) is 8.27.